The zero-order chi connectivity index (χ0) is 20.6. The second kappa shape index (κ2) is 7.29. The van der Waals surface area contributed by atoms with Crippen LogP contribution in [0.15, 0.2) is 115 Å². The predicted molar refractivity (Wildman–Crippen MR) is 128 cm³/mol. The molecule has 5 aromatic rings. The number of nitrogens with one attached hydrogen (secondary N) is 1. The minimum Gasteiger partial charge on any atom is -0.325 e. The molecule has 0 fully saturated rings. The molecular formula is C28H21N3. The van der Waals surface area contributed by atoms with E-state index < -0.39 is 0 Å². The van der Waals surface area contributed by atoms with Gasteiger partial charge in [0.05, 0.1) is 22.8 Å². The Balaban J connectivity index is 1.71. The summed E-state index contributed by atoms with van der Waals surface area (Å²) in [4.78, 5) is 4.95. The van der Waals surface area contributed by atoms with Crippen LogP contribution in [-0.4, -0.2) is 9.55 Å². The number of rotatable bonds is 3. The summed E-state index contributed by atoms with van der Waals surface area (Å²) in [6.45, 7) is 0. The van der Waals surface area contributed by atoms with Crippen molar-refractivity contribution in [2.24, 2.45) is 0 Å². The molecule has 0 spiro atoms. The summed E-state index contributed by atoms with van der Waals surface area (Å²) in [7, 11) is 0. The first-order valence-corrected chi connectivity index (χ1v) is 10.5. The highest BCUT2D eigenvalue weighted by molar-refractivity contribution is 6.01. The van der Waals surface area contributed by atoms with Gasteiger partial charge in [0.25, 0.3) is 0 Å². The van der Waals surface area contributed by atoms with E-state index in [-0.39, 0.29) is 6.04 Å². The summed E-state index contributed by atoms with van der Waals surface area (Å²) in [5.41, 5.74) is 8.05. The van der Waals surface area contributed by atoms with E-state index in [1.54, 1.807) is 0 Å². The lowest BCUT2D eigenvalue weighted by Crippen LogP contribution is -2.23. The van der Waals surface area contributed by atoms with Crippen LogP contribution >= 0.6 is 0 Å². The lowest BCUT2D eigenvalue weighted by Gasteiger charge is -2.33. The van der Waals surface area contributed by atoms with Gasteiger partial charge in [-0.1, -0.05) is 103 Å². The van der Waals surface area contributed by atoms with E-state index in [0.29, 0.717) is 0 Å². The highest BCUT2D eigenvalue weighted by Crippen LogP contribution is 2.46. The Morgan fingerprint density at radius 3 is 1.90 bits per heavy atom. The molecule has 0 aliphatic carbocycles. The van der Waals surface area contributed by atoms with Crippen LogP contribution in [0.2, 0.25) is 0 Å². The average Bonchev–Trinajstić information content (AvgIpc) is 3.23. The van der Waals surface area contributed by atoms with E-state index in [4.69, 9.17) is 4.98 Å². The maximum absolute atomic E-state index is 4.95. The van der Waals surface area contributed by atoms with E-state index in [1.165, 1.54) is 16.7 Å². The molecule has 0 saturated heterocycles. The standard InChI is InChI=1S/C28H21N3/c1-4-12-20(13-5-1)25-26(21-14-6-2-7-15-21)30-28-29-23-18-10-11-19-24(23)31(28)27(25)22-16-8-3-9-17-22/h1-19,27H,(H,29,30). The first kappa shape index (κ1) is 17.7. The van der Waals surface area contributed by atoms with E-state index in [9.17, 15) is 0 Å². The van der Waals surface area contributed by atoms with Gasteiger partial charge in [-0.3, -0.25) is 4.57 Å². The Morgan fingerprint density at radius 2 is 1.19 bits per heavy atom. The summed E-state index contributed by atoms with van der Waals surface area (Å²) in [6, 6.07) is 40.3. The Hall–Kier alpha value is -4.11. The molecule has 6 rings (SSSR count). The first-order valence-electron chi connectivity index (χ1n) is 10.5. The van der Waals surface area contributed by atoms with Gasteiger partial charge in [-0.05, 0) is 28.8 Å². The fourth-order valence-corrected chi connectivity index (χ4v) is 4.54. The van der Waals surface area contributed by atoms with Crippen molar-refractivity contribution in [3.05, 3.63) is 132 Å². The second-order valence-electron chi connectivity index (χ2n) is 7.75. The van der Waals surface area contributed by atoms with Crippen molar-refractivity contribution in [2.45, 2.75) is 6.04 Å². The largest absolute Gasteiger partial charge is 0.325 e. The molecule has 1 aliphatic rings. The number of hydrogen-bond acceptors (Lipinski definition) is 2. The van der Waals surface area contributed by atoms with Crippen molar-refractivity contribution >= 4 is 28.3 Å². The predicted octanol–water partition coefficient (Wildman–Crippen LogP) is 6.62. The molecule has 1 N–H and O–H groups in total. The summed E-state index contributed by atoms with van der Waals surface area (Å²) in [6.07, 6.45) is 0. The molecule has 1 atom stereocenters. The first-order chi connectivity index (χ1) is 15.4. The normalized spacial score (nSPS) is 15.5. The molecule has 0 amide bonds. The van der Waals surface area contributed by atoms with E-state index in [1.807, 2.05) is 6.07 Å². The summed E-state index contributed by atoms with van der Waals surface area (Å²) in [5.74, 6) is 0.869. The SMILES string of the molecule is c1ccc(C2=C(c3ccccc3)C(c3ccccc3)n3c(nc4ccccc43)N2)cc1. The summed E-state index contributed by atoms with van der Waals surface area (Å²) >= 11 is 0. The Labute approximate surface area is 181 Å². The fraction of sp³-hybridized carbons (Fsp3) is 0.0357. The van der Waals surface area contributed by atoms with Gasteiger partial charge in [-0.15, -0.1) is 0 Å². The number of para-hydroxylation sites is 2. The lowest BCUT2D eigenvalue weighted by molar-refractivity contribution is 0.737. The summed E-state index contributed by atoms with van der Waals surface area (Å²) < 4.78 is 2.33. The van der Waals surface area contributed by atoms with Gasteiger partial charge in [0, 0.05) is 5.57 Å². The van der Waals surface area contributed by atoms with Gasteiger partial charge in [0.1, 0.15) is 0 Å². The Bertz CT molecular complexity index is 1380. The van der Waals surface area contributed by atoms with Gasteiger partial charge in [0.15, 0.2) is 0 Å². The van der Waals surface area contributed by atoms with E-state index in [2.05, 4.69) is 119 Å². The van der Waals surface area contributed by atoms with Crippen LogP contribution < -0.4 is 5.32 Å². The molecule has 148 valence electrons. The molecule has 1 aromatic heterocycles. The molecule has 0 bridgehead atoms. The van der Waals surface area contributed by atoms with Gasteiger partial charge in [-0.2, -0.15) is 0 Å². The Morgan fingerprint density at radius 1 is 0.613 bits per heavy atom. The van der Waals surface area contributed by atoms with Crippen LogP contribution in [-0.2, 0) is 0 Å². The summed E-state index contributed by atoms with van der Waals surface area (Å²) in [5, 5.41) is 3.68. The molecular weight excluding hydrogens is 378 g/mol. The van der Waals surface area contributed by atoms with Crippen LogP contribution in [0.3, 0.4) is 0 Å². The van der Waals surface area contributed by atoms with Crippen molar-refractivity contribution in [1.82, 2.24) is 9.55 Å². The number of nitrogens with zero attached hydrogens (tertiary/aromatic N) is 2. The lowest BCUT2D eigenvalue weighted by atomic mass is 9.87. The number of imidazole rings is 1. The minimum absolute atomic E-state index is 0.00227. The number of anilines is 1. The number of hydrogen-bond donors (Lipinski definition) is 1. The number of fused-ring (bicyclic) bond motifs is 3. The van der Waals surface area contributed by atoms with Crippen LogP contribution in [0, 0.1) is 0 Å². The van der Waals surface area contributed by atoms with Crippen molar-refractivity contribution in [3.8, 4) is 0 Å². The zero-order valence-electron chi connectivity index (χ0n) is 16.9. The number of aromatic nitrogens is 2. The average molecular weight is 399 g/mol. The smallest absolute Gasteiger partial charge is 0.209 e. The molecule has 1 aliphatic heterocycles. The monoisotopic (exact) mass is 399 g/mol. The van der Waals surface area contributed by atoms with Gasteiger partial charge in [-0.25, -0.2) is 4.98 Å². The molecule has 0 radical (unpaired) electrons. The molecule has 4 aromatic carbocycles. The van der Waals surface area contributed by atoms with Gasteiger partial charge >= 0.3 is 0 Å². The minimum atomic E-state index is 0.00227. The van der Waals surface area contributed by atoms with Crippen molar-refractivity contribution in [2.75, 3.05) is 5.32 Å². The van der Waals surface area contributed by atoms with E-state index >= 15 is 0 Å². The van der Waals surface area contributed by atoms with Crippen molar-refractivity contribution in [3.63, 3.8) is 0 Å². The maximum atomic E-state index is 4.95. The second-order valence-corrected chi connectivity index (χ2v) is 7.75. The van der Waals surface area contributed by atoms with Crippen molar-refractivity contribution < 1.29 is 0 Å². The van der Waals surface area contributed by atoms with E-state index in [0.717, 1.165) is 28.2 Å². The maximum Gasteiger partial charge on any atom is 0.209 e. The topological polar surface area (TPSA) is 29.9 Å². The molecule has 3 nitrogen and oxygen atoms in total. The third kappa shape index (κ3) is 2.94. The van der Waals surface area contributed by atoms with Gasteiger partial charge in [0.2, 0.25) is 5.95 Å². The highest BCUT2D eigenvalue weighted by Gasteiger charge is 2.32. The molecule has 2 heterocycles. The zero-order valence-corrected chi connectivity index (χ0v) is 16.9. The molecule has 1 unspecified atom stereocenters. The highest BCUT2D eigenvalue weighted by atomic mass is 15.3. The molecule has 31 heavy (non-hydrogen) atoms. The number of allylic oxidation sites excluding steroid dienone is 1. The molecule has 0 saturated carbocycles. The Kier molecular flexibility index (Phi) is 4.17. The molecule has 3 heteroatoms. The quantitative estimate of drug-likeness (QED) is 0.369. The van der Waals surface area contributed by atoms with Crippen LogP contribution in [0.5, 0.6) is 0 Å². The van der Waals surface area contributed by atoms with Crippen molar-refractivity contribution in [1.29, 1.82) is 0 Å². The van der Waals surface area contributed by atoms with Crippen LogP contribution in [0.25, 0.3) is 22.3 Å². The fourth-order valence-electron chi connectivity index (χ4n) is 4.54. The van der Waals surface area contributed by atoms with Crippen LogP contribution in [0.4, 0.5) is 5.95 Å². The van der Waals surface area contributed by atoms with Gasteiger partial charge < -0.3 is 5.32 Å². The van der Waals surface area contributed by atoms with Crippen LogP contribution in [0.1, 0.15) is 22.7 Å². The third-order valence-electron chi connectivity index (χ3n) is 5.90. The number of benzene rings is 4. The third-order valence-corrected chi connectivity index (χ3v) is 5.90.